The monoisotopic (exact) mass is 328 g/mol. The molecule has 0 spiro atoms. The molecule has 0 rings (SSSR count). The zero-order valence-electron chi connectivity index (χ0n) is 14.6. The third kappa shape index (κ3) is 12.3. The van der Waals surface area contributed by atoms with E-state index < -0.39 is 11.7 Å². The van der Waals surface area contributed by atoms with Crippen LogP contribution >= 0.6 is 0 Å². The molecule has 0 saturated heterocycles. The van der Waals surface area contributed by atoms with E-state index in [9.17, 15) is 9.59 Å². The number of esters is 1. The fraction of sp³-hybridized carbons (Fsp3) is 0.867. The van der Waals surface area contributed by atoms with E-state index >= 15 is 0 Å². The van der Waals surface area contributed by atoms with Gasteiger partial charge in [-0.2, -0.15) is 0 Å². The Kier molecular flexibility index (Phi) is 10.6. The molecule has 0 aromatic rings. The highest BCUT2D eigenvalue weighted by atomic mass is 16.6. The average Bonchev–Trinajstić information content (AvgIpc) is 2.44. The number of hydrogen-bond acceptors (Lipinski definition) is 5. The summed E-state index contributed by atoms with van der Waals surface area (Å²) in [5.41, 5.74) is 7.71. The van der Waals surface area contributed by atoms with Gasteiger partial charge in [-0.15, -0.1) is 0 Å². The Morgan fingerprint density at radius 1 is 1.17 bits per heavy atom. The summed E-state index contributed by atoms with van der Waals surface area (Å²) in [4.78, 5) is 27.7. The first kappa shape index (κ1) is 21.0. The van der Waals surface area contributed by atoms with Crippen molar-refractivity contribution >= 4 is 12.1 Å². The molecule has 0 atom stereocenters. The lowest BCUT2D eigenvalue weighted by Crippen LogP contribution is -2.38. The summed E-state index contributed by atoms with van der Waals surface area (Å²) in [6.07, 6.45) is 1.85. The standard InChI is InChI=1S/C15H28N4O4/c1-5-22-13(20)9-6-7-11-19(12-8-10-17-18-16)14(21)23-15(2,3)4/h5-12H2,1-4H3. The maximum Gasteiger partial charge on any atom is 0.410 e. The van der Waals surface area contributed by atoms with Crippen LogP contribution in [0.2, 0.25) is 0 Å². The Hall–Kier alpha value is -1.95. The summed E-state index contributed by atoms with van der Waals surface area (Å²) < 4.78 is 10.2. The molecule has 8 nitrogen and oxygen atoms in total. The van der Waals surface area contributed by atoms with Crippen molar-refractivity contribution in [3.63, 3.8) is 0 Å². The third-order valence-electron chi connectivity index (χ3n) is 2.77. The molecule has 0 fully saturated rings. The van der Waals surface area contributed by atoms with Gasteiger partial charge in [0.25, 0.3) is 0 Å². The van der Waals surface area contributed by atoms with Gasteiger partial charge in [-0.3, -0.25) is 4.79 Å². The van der Waals surface area contributed by atoms with Crippen LogP contribution in [0.25, 0.3) is 10.4 Å². The first-order chi connectivity index (χ1) is 10.8. The molecule has 0 heterocycles. The lowest BCUT2D eigenvalue weighted by atomic mass is 10.2. The van der Waals surface area contributed by atoms with Gasteiger partial charge in [-0.05, 0) is 52.5 Å². The van der Waals surface area contributed by atoms with Crippen LogP contribution in [0.15, 0.2) is 5.11 Å². The summed E-state index contributed by atoms with van der Waals surface area (Å²) >= 11 is 0. The van der Waals surface area contributed by atoms with Gasteiger partial charge >= 0.3 is 12.1 Å². The predicted molar refractivity (Wildman–Crippen MR) is 86.9 cm³/mol. The topological polar surface area (TPSA) is 105 Å². The highest BCUT2D eigenvalue weighted by Gasteiger charge is 2.21. The lowest BCUT2D eigenvalue weighted by molar-refractivity contribution is -0.143. The number of carbonyl (C=O) groups excluding carboxylic acids is 2. The molecular formula is C15H28N4O4. The maximum absolute atomic E-state index is 12.2. The summed E-state index contributed by atoms with van der Waals surface area (Å²) in [5.74, 6) is -0.223. The molecule has 0 aliphatic rings. The number of nitrogens with zero attached hydrogens (tertiary/aromatic N) is 4. The van der Waals surface area contributed by atoms with Crippen molar-refractivity contribution in [2.45, 2.75) is 59.0 Å². The Morgan fingerprint density at radius 3 is 2.39 bits per heavy atom. The maximum atomic E-state index is 12.2. The highest BCUT2D eigenvalue weighted by molar-refractivity contribution is 5.69. The summed E-state index contributed by atoms with van der Waals surface area (Å²) in [6, 6.07) is 0. The molecular weight excluding hydrogens is 300 g/mol. The van der Waals surface area contributed by atoms with E-state index in [1.165, 1.54) is 0 Å². The lowest BCUT2D eigenvalue weighted by Gasteiger charge is -2.27. The predicted octanol–water partition coefficient (Wildman–Crippen LogP) is 3.66. The molecule has 0 saturated carbocycles. The van der Waals surface area contributed by atoms with Gasteiger partial charge in [0.2, 0.25) is 0 Å². The van der Waals surface area contributed by atoms with Crippen LogP contribution in [0.5, 0.6) is 0 Å². The zero-order chi connectivity index (χ0) is 17.7. The highest BCUT2D eigenvalue weighted by Crippen LogP contribution is 2.11. The second-order valence-electron chi connectivity index (χ2n) is 6.04. The minimum absolute atomic E-state index is 0.223. The fourth-order valence-electron chi connectivity index (χ4n) is 1.80. The fourth-order valence-corrected chi connectivity index (χ4v) is 1.80. The summed E-state index contributed by atoms with van der Waals surface area (Å²) in [6.45, 7) is 8.85. The second kappa shape index (κ2) is 11.6. The van der Waals surface area contributed by atoms with E-state index in [-0.39, 0.29) is 5.97 Å². The van der Waals surface area contributed by atoms with Crippen molar-refractivity contribution in [1.82, 2.24) is 4.90 Å². The van der Waals surface area contributed by atoms with E-state index in [1.807, 2.05) is 20.8 Å². The molecule has 0 aromatic carbocycles. The zero-order valence-corrected chi connectivity index (χ0v) is 14.6. The normalized spacial score (nSPS) is 10.6. The molecule has 0 aliphatic heterocycles. The van der Waals surface area contributed by atoms with Crippen LogP contribution in [-0.2, 0) is 14.3 Å². The minimum Gasteiger partial charge on any atom is -0.466 e. The van der Waals surface area contributed by atoms with E-state index in [4.69, 9.17) is 15.0 Å². The molecule has 0 aliphatic carbocycles. The van der Waals surface area contributed by atoms with Crippen molar-refractivity contribution in [2.75, 3.05) is 26.2 Å². The SMILES string of the molecule is CCOC(=O)CCCCN(CCCN=[N+]=[N-])C(=O)OC(C)(C)C. The summed E-state index contributed by atoms with van der Waals surface area (Å²) in [5, 5.41) is 3.46. The molecule has 1 amide bonds. The number of azide groups is 1. The van der Waals surface area contributed by atoms with E-state index in [0.717, 1.165) is 0 Å². The van der Waals surface area contributed by atoms with Crippen LogP contribution in [0.3, 0.4) is 0 Å². The van der Waals surface area contributed by atoms with Gasteiger partial charge in [0.1, 0.15) is 5.60 Å². The number of rotatable bonds is 10. The van der Waals surface area contributed by atoms with Crippen molar-refractivity contribution in [3.05, 3.63) is 10.4 Å². The molecule has 0 bridgehead atoms. The molecule has 8 heteroatoms. The average molecular weight is 328 g/mol. The number of unbranched alkanes of at least 4 members (excludes halogenated alkanes) is 1. The molecule has 0 N–H and O–H groups in total. The Labute approximate surface area is 137 Å². The van der Waals surface area contributed by atoms with E-state index in [0.29, 0.717) is 51.9 Å². The van der Waals surface area contributed by atoms with Gasteiger partial charge in [0.15, 0.2) is 0 Å². The number of amides is 1. The molecule has 0 unspecified atom stereocenters. The molecule has 0 aromatic heterocycles. The van der Waals surface area contributed by atoms with E-state index in [1.54, 1.807) is 11.8 Å². The molecule has 23 heavy (non-hydrogen) atoms. The molecule has 132 valence electrons. The van der Waals surface area contributed by atoms with Crippen LogP contribution in [0.4, 0.5) is 4.79 Å². The van der Waals surface area contributed by atoms with Crippen molar-refractivity contribution < 1.29 is 19.1 Å². The Morgan fingerprint density at radius 2 is 1.83 bits per heavy atom. The van der Waals surface area contributed by atoms with Gasteiger partial charge in [-0.25, -0.2) is 4.79 Å². The van der Waals surface area contributed by atoms with Gasteiger partial charge in [-0.1, -0.05) is 5.11 Å². The van der Waals surface area contributed by atoms with Gasteiger partial charge in [0, 0.05) is 31.0 Å². The van der Waals surface area contributed by atoms with Crippen LogP contribution < -0.4 is 0 Å². The first-order valence-corrected chi connectivity index (χ1v) is 7.94. The third-order valence-corrected chi connectivity index (χ3v) is 2.77. The number of hydrogen-bond donors (Lipinski definition) is 0. The quantitative estimate of drug-likeness (QED) is 0.200. The molecule has 0 radical (unpaired) electrons. The minimum atomic E-state index is -0.564. The Bertz CT molecular complexity index is 414. The summed E-state index contributed by atoms with van der Waals surface area (Å²) in [7, 11) is 0. The van der Waals surface area contributed by atoms with Crippen molar-refractivity contribution in [1.29, 1.82) is 0 Å². The smallest absolute Gasteiger partial charge is 0.410 e. The largest absolute Gasteiger partial charge is 0.466 e. The van der Waals surface area contributed by atoms with Gasteiger partial charge in [0.05, 0.1) is 6.61 Å². The van der Waals surface area contributed by atoms with Crippen LogP contribution in [0.1, 0.15) is 53.4 Å². The number of carbonyl (C=O) groups is 2. The van der Waals surface area contributed by atoms with Gasteiger partial charge < -0.3 is 14.4 Å². The van der Waals surface area contributed by atoms with E-state index in [2.05, 4.69) is 10.0 Å². The van der Waals surface area contributed by atoms with Crippen molar-refractivity contribution in [3.8, 4) is 0 Å². The van der Waals surface area contributed by atoms with Crippen LogP contribution in [0, 0.1) is 0 Å². The van der Waals surface area contributed by atoms with Crippen molar-refractivity contribution in [2.24, 2.45) is 5.11 Å². The Balaban J connectivity index is 4.33. The first-order valence-electron chi connectivity index (χ1n) is 7.94. The number of ether oxygens (including phenoxy) is 2. The van der Waals surface area contributed by atoms with Crippen LogP contribution in [-0.4, -0.2) is 48.8 Å². The second-order valence-corrected chi connectivity index (χ2v) is 6.04.